The van der Waals surface area contributed by atoms with Gasteiger partial charge in [0.05, 0.1) is 11.5 Å². The lowest BCUT2D eigenvalue weighted by molar-refractivity contribution is 0.340. The molecule has 0 spiro atoms. The third-order valence-corrected chi connectivity index (χ3v) is 4.79. The van der Waals surface area contributed by atoms with Gasteiger partial charge >= 0.3 is 0 Å². The van der Waals surface area contributed by atoms with E-state index < -0.39 is 10.0 Å². The minimum absolute atomic E-state index is 0.108. The first-order valence-corrected chi connectivity index (χ1v) is 9.26. The van der Waals surface area contributed by atoms with Gasteiger partial charge in [0.2, 0.25) is 0 Å². The molecule has 0 radical (unpaired) electrons. The van der Waals surface area contributed by atoms with Crippen molar-refractivity contribution in [2.75, 3.05) is 6.61 Å². The smallest absolute Gasteiger partial charge is 0.276 e. The quantitative estimate of drug-likeness (QED) is 0.540. The number of furan rings is 1. The SMILES string of the molecule is CCOc1ccc(S(=O)(=O)N/N=C(\C)c2cc3ccccc3o2)cc1. The first kappa shape index (κ1) is 17.0. The topological polar surface area (TPSA) is 80.9 Å². The van der Waals surface area contributed by atoms with Crippen LogP contribution in [0.25, 0.3) is 11.0 Å². The summed E-state index contributed by atoms with van der Waals surface area (Å²) in [6, 6.07) is 15.5. The van der Waals surface area contributed by atoms with Crippen molar-refractivity contribution in [3.8, 4) is 5.75 Å². The van der Waals surface area contributed by atoms with Crippen molar-refractivity contribution in [3.63, 3.8) is 0 Å². The van der Waals surface area contributed by atoms with Gasteiger partial charge < -0.3 is 9.15 Å². The number of hydrazone groups is 1. The lowest BCUT2D eigenvalue weighted by Crippen LogP contribution is -2.19. The van der Waals surface area contributed by atoms with Crippen LogP contribution in [0.2, 0.25) is 0 Å². The highest BCUT2D eigenvalue weighted by Crippen LogP contribution is 2.20. The predicted molar refractivity (Wildman–Crippen MR) is 96.4 cm³/mol. The van der Waals surface area contributed by atoms with Crippen molar-refractivity contribution < 1.29 is 17.6 Å². The van der Waals surface area contributed by atoms with E-state index in [1.54, 1.807) is 19.1 Å². The lowest BCUT2D eigenvalue weighted by Gasteiger charge is -2.06. The molecule has 2 aromatic carbocycles. The van der Waals surface area contributed by atoms with Gasteiger partial charge in [-0.1, -0.05) is 18.2 Å². The molecular weight excluding hydrogens is 340 g/mol. The predicted octanol–water partition coefficient (Wildman–Crippen LogP) is 3.53. The van der Waals surface area contributed by atoms with Crippen LogP contribution in [0.15, 0.2) is 69.0 Å². The molecule has 1 aromatic heterocycles. The molecule has 25 heavy (non-hydrogen) atoms. The summed E-state index contributed by atoms with van der Waals surface area (Å²) in [5, 5.41) is 4.88. The van der Waals surface area contributed by atoms with E-state index in [0.29, 0.717) is 23.8 Å². The molecule has 0 fully saturated rings. The van der Waals surface area contributed by atoms with Crippen molar-refractivity contribution in [1.82, 2.24) is 4.83 Å². The highest BCUT2D eigenvalue weighted by Gasteiger charge is 2.14. The molecule has 0 atom stereocenters. The molecule has 0 aliphatic carbocycles. The number of ether oxygens (including phenoxy) is 1. The van der Waals surface area contributed by atoms with Gasteiger partial charge in [-0.2, -0.15) is 18.4 Å². The van der Waals surface area contributed by atoms with Crippen LogP contribution in [0.3, 0.4) is 0 Å². The van der Waals surface area contributed by atoms with Gasteiger partial charge in [-0.25, -0.2) is 0 Å². The van der Waals surface area contributed by atoms with Gasteiger partial charge in [0.15, 0.2) is 5.76 Å². The van der Waals surface area contributed by atoms with E-state index in [4.69, 9.17) is 9.15 Å². The molecule has 0 amide bonds. The number of hydrogen-bond acceptors (Lipinski definition) is 5. The van der Waals surface area contributed by atoms with Crippen LogP contribution < -0.4 is 9.57 Å². The number of para-hydroxylation sites is 1. The first-order valence-electron chi connectivity index (χ1n) is 7.77. The Kier molecular flexibility index (Phi) is 4.76. The van der Waals surface area contributed by atoms with Crippen LogP contribution in [-0.4, -0.2) is 20.7 Å². The zero-order valence-electron chi connectivity index (χ0n) is 13.9. The number of nitrogens with one attached hydrogen (secondary N) is 1. The highest BCUT2D eigenvalue weighted by atomic mass is 32.2. The second kappa shape index (κ2) is 6.98. The Balaban J connectivity index is 1.78. The van der Waals surface area contributed by atoms with Crippen molar-refractivity contribution in [2.24, 2.45) is 5.10 Å². The maximum atomic E-state index is 12.3. The monoisotopic (exact) mass is 358 g/mol. The molecule has 0 saturated heterocycles. The van der Waals surface area contributed by atoms with E-state index in [1.807, 2.05) is 37.3 Å². The molecule has 0 aliphatic heterocycles. The largest absolute Gasteiger partial charge is 0.494 e. The summed E-state index contributed by atoms with van der Waals surface area (Å²) in [7, 11) is -3.76. The third-order valence-electron chi connectivity index (χ3n) is 3.56. The summed E-state index contributed by atoms with van der Waals surface area (Å²) in [6.45, 7) is 4.06. The average molecular weight is 358 g/mol. The van der Waals surface area contributed by atoms with Crippen molar-refractivity contribution in [1.29, 1.82) is 0 Å². The summed E-state index contributed by atoms with van der Waals surface area (Å²) in [4.78, 5) is 2.34. The second-order valence-corrected chi connectivity index (χ2v) is 7.01. The Labute approximate surface area is 146 Å². The van der Waals surface area contributed by atoms with Crippen LogP contribution in [0, 0.1) is 0 Å². The Morgan fingerprint density at radius 3 is 2.56 bits per heavy atom. The molecule has 3 aromatic rings. The van der Waals surface area contributed by atoms with E-state index in [-0.39, 0.29) is 4.90 Å². The van der Waals surface area contributed by atoms with E-state index in [1.165, 1.54) is 12.1 Å². The number of rotatable bonds is 6. The summed E-state index contributed by atoms with van der Waals surface area (Å²) >= 11 is 0. The minimum atomic E-state index is -3.76. The zero-order valence-corrected chi connectivity index (χ0v) is 14.7. The molecule has 0 unspecified atom stereocenters. The fourth-order valence-electron chi connectivity index (χ4n) is 2.28. The molecule has 6 nitrogen and oxygen atoms in total. The Morgan fingerprint density at radius 2 is 1.88 bits per heavy atom. The highest BCUT2D eigenvalue weighted by molar-refractivity contribution is 7.89. The average Bonchev–Trinajstić information content (AvgIpc) is 3.05. The molecule has 0 saturated carbocycles. The van der Waals surface area contributed by atoms with Crippen LogP contribution in [0.4, 0.5) is 0 Å². The molecule has 1 heterocycles. The van der Waals surface area contributed by atoms with Crippen LogP contribution in [0.5, 0.6) is 5.75 Å². The van der Waals surface area contributed by atoms with E-state index in [0.717, 1.165) is 11.0 Å². The van der Waals surface area contributed by atoms with Gasteiger partial charge in [-0.05, 0) is 50.2 Å². The number of fused-ring (bicyclic) bond motifs is 1. The van der Waals surface area contributed by atoms with Gasteiger partial charge in [0, 0.05) is 5.39 Å². The van der Waals surface area contributed by atoms with E-state index in [2.05, 4.69) is 9.93 Å². The Bertz CT molecular complexity index is 972. The molecule has 7 heteroatoms. The van der Waals surface area contributed by atoms with E-state index >= 15 is 0 Å². The van der Waals surface area contributed by atoms with Crippen LogP contribution in [-0.2, 0) is 10.0 Å². The van der Waals surface area contributed by atoms with Gasteiger partial charge in [-0.3, -0.25) is 0 Å². The first-order chi connectivity index (χ1) is 12.0. The molecular formula is C18H18N2O4S. The van der Waals surface area contributed by atoms with Crippen molar-refractivity contribution in [2.45, 2.75) is 18.7 Å². The zero-order chi connectivity index (χ0) is 17.9. The second-order valence-electron chi connectivity index (χ2n) is 5.34. The van der Waals surface area contributed by atoms with E-state index in [9.17, 15) is 8.42 Å². The van der Waals surface area contributed by atoms with Crippen molar-refractivity contribution >= 4 is 26.7 Å². The molecule has 1 N–H and O–H groups in total. The molecule has 0 bridgehead atoms. The summed E-state index contributed by atoms with van der Waals surface area (Å²) in [6.07, 6.45) is 0. The minimum Gasteiger partial charge on any atom is -0.494 e. The molecule has 130 valence electrons. The van der Waals surface area contributed by atoms with Gasteiger partial charge in [-0.15, -0.1) is 0 Å². The number of benzene rings is 2. The fraction of sp³-hybridized carbons (Fsp3) is 0.167. The van der Waals surface area contributed by atoms with Gasteiger partial charge in [0.25, 0.3) is 10.0 Å². The summed E-state index contributed by atoms with van der Waals surface area (Å²) in [5.41, 5.74) is 1.16. The van der Waals surface area contributed by atoms with Crippen LogP contribution in [0.1, 0.15) is 19.6 Å². The maximum absolute atomic E-state index is 12.3. The standard InChI is InChI=1S/C18H18N2O4S/c1-3-23-15-8-10-16(11-9-15)25(21,22)20-19-13(2)18-12-14-6-4-5-7-17(14)24-18/h4-12,20H,3H2,1-2H3/b19-13+. The van der Waals surface area contributed by atoms with Gasteiger partial charge in [0.1, 0.15) is 17.0 Å². The Morgan fingerprint density at radius 1 is 1.16 bits per heavy atom. The number of hydrogen-bond donors (Lipinski definition) is 1. The number of nitrogens with zero attached hydrogens (tertiary/aromatic N) is 1. The fourth-order valence-corrected chi connectivity index (χ4v) is 3.14. The maximum Gasteiger partial charge on any atom is 0.276 e. The summed E-state index contributed by atoms with van der Waals surface area (Å²) < 4.78 is 35.6. The summed E-state index contributed by atoms with van der Waals surface area (Å²) in [5.74, 6) is 1.12. The third kappa shape index (κ3) is 3.83. The number of sulfonamides is 1. The Hall–Kier alpha value is -2.80. The van der Waals surface area contributed by atoms with Crippen molar-refractivity contribution in [3.05, 3.63) is 60.4 Å². The molecule has 0 aliphatic rings. The normalized spacial score (nSPS) is 12.3. The van der Waals surface area contributed by atoms with Crippen LogP contribution >= 0.6 is 0 Å². The lowest BCUT2D eigenvalue weighted by atomic mass is 10.2. The molecule has 3 rings (SSSR count).